The summed E-state index contributed by atoms with van der Waals surface area (Å²) < 4.78 is 0. The predicted molar refractivity (Wildman–Crippen MR) is 80.1 cm³/mol. The van der Waals surface area contributed by atoms with E-state index in [1.807, 2.05) is 11.3 Å². The lowest BCUT2D eigenvalue weighted by Gasteiger charge is -2.14. The van der Waals surface area contributed by atoms with Gasteiger partial charge in [0.25, 0.3) is 0 Å². The van der Waals surface area contributed by atoms with Crippen LogP contribution in [0.2, 0.25) is 0 Å². The van der Waals surface area contributed by atoms with Crippen molar-refractivity contribution >= 4 is 11.3 Å². The third-order valence-corrected chi connectivity index (χ3v) is 4.48. The molecule has 0 aliphatic carbocycles. The van der Waals surface area contributed by atoms with Gasteiger partial charge >= 0.3 is 0 Å². The first-order valence-corrected chi connectivity index (χ1v) is 8.27. The second-order valence-corrected chi connectivity index (χ2v) is 6.07. The Morgan fingerprint density at radius 3 is 2.41 bits per heavy atom. The summed E-state index contributed by atoms with van der Waals surface area (Å²) in [5, 5.41) is 2.42. The summed E-state index contributed by atoms with van der Waals surface area (Å²) in [5.41, 5.74) is 1.62. The van der Waals surface area contributed by atoms with Crippen molar-refractivity contribution in [2.24, 2.45) is 0 Å². The van der Waals surface area contributed by atoms with Crippen molar-refractivity contribution < 1.29 is 0 Å². The Bertz CT molecular complexity index is 287. The molecule has 0 saturated carbocycles. The van der Waals surface area contributed by atoms with Crippen molar-refractivity contribution in [3.8, 4) is 0 Å². The lowest BCUT2D eigenvalue weighted by Crippen LogP contribution is -1.97. The molecule has 1 atom stereocenters. The molecule has 0 saturated heterocycles. The van der Waals surface area contributed by atoms with Gasteiger partial charge in [0.1, 0.15) is 0 Å². The molecule has 0 fully saturated rings. The van der Waals surface area contributed by atoms with Crippen LogP contribution in [0.4, 0.5) is 0 Å². The number of aryl methyl sites for hydroxylation is 1. The molecule has 0 nitrogen and oxygen atoms in total. The van der Waals surface area contributed by atoms with Gasteiger partial charge in [0.2, 0.25) is 0 Å². The molecule has 0 aliphatic rings. The summed E-state index contributed by atoms with van der Waals surface area (Å²) in [6.07, 6.45) is 10.7. The quantitative estimate of drug-likeness (QED) is 0.493. The van der Waals surface area contributed by atoms with Crippen molar-refractivity contribution in [2.45, 2.75) is 78.1 Å². The maximum absolute atomic E-state index is 2.48. The first-order chi connectivity index (χ1) is 8.31. The molecule has 98 valence electrons. The van der Waals surface area contributed by atoms with Crippen molar-refractivity contribution in [1.29, 1.82) is 0 Å². The Balaban J connectivity index is 2.56. The zero-order chi connectivity index (χ0) is 12.5. The number of rotatable bonds is 9. The molecular weight excluding hydrogens is 224 g/mol. The largest absolute Gasteiger partial charge is 0.149 e. The second-order valence-electron chi connectivity index (χ2n) is 5.08. The van der Waals surface area contributed by atoms with E-state index in [-0.39, 0.29) is 0 Å². The van der Waals surface area contributed by atoms with Gasteiger partial charge in [0.15, 0.2) is 0 Å². The Hall–Kier alpha value is -0.300. The van der Waals surface area contributed by atoms with Gasteiger partial charge in [-0.2, -0.15) is 0 Å². The Kier molecular flexibility index (Phi) is 7.59. The van der Waals surface area contributed by atoms with E-state index in [0.29, 0.717) is 0 Å². The van der Waals surface area contributed by atoms with E-state index >= 15 is 0 Å². The van der Waals surface area contributed by atoms with Crippen LogP contribution in [-0.4, -0.2) is 0 Å². The van der Waals surface area contributed by atoms with Crippen LogP contribution in [0.3, 0.4) is 0 Å². The smallest absolute Gasteiger partial charge is 0.00481 e. The maximum atomic E-state index is 2.48. The number of thiophene rings is 1. The summed E-state index contributed by atoms with van der Waals surface area (Å²) in [5.74, 6) is 0.826. The zero-order valence-electron chi connectivity index (χ0n) is 11.8. The molecule has 1 heteroatoms. The molecule has 1 unspecified atom stereocenters. The Morgan fingerprint density at radius 1 is 1.00 bits per heavy atom. The minimum absolute atomic E-state index is 0.826. The molecule has 0 spiro atoms. The highest BCUT2D eigenvalue weighted by molar-refractivity contribution is 7.10. The molecule has 1 rings (SSSR count). The topological polar surface area (TPSA) is 0 Å². The average molecular weight is 252 g/mol. The van der Waals surface area contributed by atoms with Crippen LogP contribution in [0.1, 0.15) is 82.1 Å². The average Bonchev–Trinajstić information content (AvgIpc) is 2.80. The highest BCUT2D eigenvalue weighted by atomic mass is 32.1. The normalized spacial score (nSPS) is 12.9. The summed E-state index contributed by atoms with van der Waals surface area (Å²) in [4.78, 5) is 1.60. The fourth-order valence-electron chi connectivity index (χ4n) is 2.37. The molecule has 1 heterocycles. The molecule has 1 aromatic heterocycles. The monoisotopic (exact) mass is 252 g/mol. The highest BCUT2D eigenvalue weighted by Gasteiger charge is 2.12. The van der Waals surface area contributed by atoms with E-state index in [4.69, 9.17) is 0 Å². The maximum Gasteiger partial charge on any atom is 0.00481 e. The summed E-state index contributed by atoms with van der Waals surface area (Å²) in [6.45, 7) is 6.88. The third kappa shape index (κ3) is 5.25. The SMILES string of the molecule is CCCCc1cc(C(CCC)CCCC)cs1. The Labute approximate surface area is 111 Å². The van der Waals surface area contributed by atoms with Crippen LogP contribution in [0.15, 0.2) is 11.4 Å². The van der Waals surface area contributed by atoms with Crippen LogP contribution in [0.25, 0.3) is 0 Å². The van der Waals surface area contributed by atoms with E-state index in [0.717, 1.165) is 5.92 Å². The summed E-state index contributed by atoms with van der Waals surface area (Å²) in [6, 6.07) is 2.48. The van der Waals surface area contributed by atoms with Gasteiger partial charge in [-0.1, -0.05) is 46.5 Å². The van der Waals surface area contributed by atoms with E-state index in [1.54, 1.807) is 10.4 Å². The fourth-order valence-corrected chi connectivity index (χ4v) is 3.38. The zero-order valence-corrected chi connectivity index (χ0v) is 12.6. The molecular formula is C16H28S. The van der Waals surface area contributed by atoms with Gasteiger partial charge in [0, 0.05) is 4.88 Å². The van der Waals surface area contributed by atoms with Crippen LogP contribution in [0.5, 0.6) is 0 Å². The molecule has 0 aliphatic heterocycles. The molecule has 0 bridgehead atoms. The second kappa shape index (κ2) is 8.74. The van der Waals surface area contributed by atoms with Gasteiger partial charge in [-0.3, -0.25) is 0 Å². The van der Waals surface area contributed by atoms with Gasteiger partial charge < -0.3 is 0 Å². The van der Waals surface area contributed by atoms with Crippen molar-refractivity contribution in [3.63, 3.8) is 0 Å². The van der Waals surface area contributed by atoms with Crippen molar-refractivity contribution in [1.82, 2.24) is 0 Å². The molecule has 0 amide bonds. The molecule has 0 radical (unpaired) electrons. The first kappa shape index (κ1) is 14.8. The molecule has 0 N–H and O–H groups in total. The summed E-state index contributed by atoms with van der Waals surface area (Å²) in [7, 11) is 0. The van der Waals surface area contributed by atoms with Crippen molar-refractivity contribution in [3.05, 3.63) is 21.9 Å². The van der Waals surface area contributed by atoms with Gasteiger partial charge in [-0.05, 0) is 48.6 Å². The number of unbranched alkanes of at least 4 members (excludes halogenated alkanes) is 2. The lowest BCUT2D eigenvalue weighted by molar-refractivity contribution is 0.542. The minimum atomic E-state index is 0.826. The van der Waals surface area contributed by atoms with Crippen molar-refractivity contribution in [2.75, 3.05) is 0 Å². The van der Waals surface area contributed by atoms with Crippen LogP contribution >= 0.6 is 11.3 Å². The van der Waals surface area contributed by atoms with Gasteiger partial charge in [-0.15, -0.1) is 11.3 Å². The predicted octanol–water partition coefficient (Wildman–Crippen LogP) is 6.16. The Morgan fingerprint density at radius 2 is 1.76 bits per heavy atom. The first-order valence-electron chi connectivity index (χ1n) is 7.39. The van der Waals surface area contributed by atoms with Crippen LogP contribution in [0, 0.1) is 0 Å². The van der Waals surface area contributed by atoms with E-state index in [2.05, 4.69) is 32.2 Å². The van der Waals surface area contributed by atoms with E-state index in [1.165, 1.54) is 51.4 Å². The molecule has 17 heavy (non-hydrogen) atoms. The standard InChI is InChI=1S/C16H28S/c1-4-7-10-14(9-6-3)15-12-16(17-13-15)11-8-5-2/h12-14H,4-11H2,1-3H3. The summed E-state index contributed by atoms with van der Waals surface area (Å²) >= 11 is 1.98. The minimum Gasteiger partial charge on any atom is -0.149 e. The lowest BCUT2D eigenvalue weighted by atomic mass is 9.91. The molecule has 1 aromatic rings. The van der Waals surface area contributed by atoms with Gasteiger partial charge in [0.05, 0.1) is 0 Å². The highest BCUT2D eigenvalue weighted by Crippen LogP contribution is 2.31. The molecule has 0 aromatic carbocycles. The van der Waals surface area contributed by atoms with E-state index in [9.17, 15) is 0 Å². The third-order valence-electron chi connectivity index (χ3n) is 3.47. The van der Waals surface area contributed by atoms with Crippen LogP contribution < -0.4 is 0 Å². The number of hydrogen-bond acceptors (Lipinski definition) is 1. The number of hydrogen-bond donors (Lipinski definition) is 0. The van der Waals surface area contributed by atoms with Crippen LogP contribution in [-0.2, 0) is 6.42 Å². The fraction of sp³-hybridized carbons (Fsp3) is 0.750. The van der Waals surface area contributed by atoms with E-state index < -0.39 is 0 Å². The van der Waals surface area contributed by atoms with Gasteiger partial charge in [-0.25, -0.2) is 0 Å².